The molecule has 0 aliphatic rings. The van der Waals surface area contributed by atoms with E-state index in [-0.39, 0.29) is 29.4 Å². The first-order chi connectivity index (χ1) is 10.7. The quantitative estimate of drug-likeness (QED) is 0.624. The number of nitrogens with zero attached hydrogens (tertiary/aromatic N) is 1. The average molecular weight is 343 g/mol. The van der Waals surface area contributed by atoms with Gasteiger partial charge >= 0.3 is 0 Å². The third-order valence-electron chi connectivity index (χ3n) is 4.67. The van der Waals surface area contributed by atoms with Crippen LogP contribution in [0.2, 0.25) is 0 Å². The van der Waals surface area contributed by atoms with E-state index in [1.807, 2.05) is 67.3 Å². The minimum Gasteiger partial charge on any atom is -0.380 e. The zero-order valence-electron chi connectivity index (χ0n) is 17.2. The largest absolute Gasteiger partial charge is 0.380 e. The Balaban J connectivity index is 4.90. The number of hydrogen-bond donors (Lipinski definition) is 1. The number of carbonyl (C=O) groups is 2. The summed E-state index contributed by atoms with van der Waals surface area (Å²) in [6.45, 7) is 17.0. The van der Waals surface area contributed by atoms with Crippen LogP contribution < -0.4 is 5.73 Å². The van der Waals surface area contributed by atoms with Gasteiger partial charge in [0.2, 0.25) is 0 Å². The number of rotatable bonds is 11. The van der Waals surface area contributed by atoms with E-state index in [0.717, 1.165) is 0 Å². The summed E-state index contributed by atoms with van der Waals surface area (Å²) in [6.07, 6.45) is 0. The molecule has 0 spiro atoms. The van der Waals surface area contributed by atoms with Crippen molar-refractivity contribution in [2.75, 3.05) is 33.4 Å². The Morgan fingerprint density at radius 1 is 1.04 bits per heavy atom. The molecule has 0 unspecified atom stereocenters. The van der Waals surface area contributed by atoms with E-state index in [1.54, 1.807) is 0 Å². The zero-order valence-corrected chi connectivity index (χ0v) is 17.2. The highest BCUT2D eigenvalue weighted by Gasteiger charge is 2.42. The molecule has 0 radical (unpaired) electrons. The Hall–Kier alpha value is -0.780. The Morgan fingerprint density at radius 3 is 1.96 bits per heavy atom. The van der Waals surface area contributed by atoms with Crippen LogP contribution in [0, 0.1) is 16.7 Å². The number of Topliss-reactive ketones (excluding diaryl/α,β-unsaturated/α-hetero) is 2. The smallest absolute Gasteiger partial charge is 0.160 e. The third kappa shape index (κ3) is 6.61. The second-order valence-corrected chi connectivity index (χ2v) is 9.11. The molecule has 142 valence electrons. The van der Waals surface area contributed by atoms with Crippen LogP contribution in [-0.4, -0.2) is 55.4 Å². The van der Waals surface area contributed by atoms with Gasteiger partial charge in [0.15, 0.2) is 5.78 Å². The number of ether oxygens (including phenoxy) is 1. The van der Waals surface area contributed by atoms with Crippen molar-refractivity contribution in [2.45, 2.75) is 60.9 Å². The molecule has 0 amide bonds. The highest BCUT2D eigenvalue weighted by atomic mass is 16.5. The summed E-state index contributed by atoms with van der Waals surface area (Å²) in [5.41, 5.74) is 4.24. The first kappa shape index (κ1) is 23.2. The van der Waals surface area contributed by atoms with E-state index < -0.39 is 11.0 Å². The van der Waals surface area contributed by atoms with Crippen molar-refractivity contribution < 1.29 is 14.3 Å². The van der Waals surface area contributed by atoms with E-state index in [9.17, 15) is 9.59 Å². The lowest BCUT2D eigenvalue weighted by molar-refractivity contribution is -0.142. The topological polar surface area (TPSA) is 72.6 Å². The van der Waals surface area contributed by atoms with Crippen molar-refractivity contribution in [3.63, 3.8) is 0 Å². The molecule has 0 aromatic carbocycles. The van der Waals surface area contributed by atoms with Crippen molar-refractivity contribution in [1.29, 1.82) is 0 Å². The van der Waals surface area contributed by atoms with Crippen LogP contribution in [0.3, 0.4) is 0 Å². The first-order valence-corrected chi connectivity index (χ1v) is 8.74. The molecule has 0 bridgehead atoms. The Morgan fingerprint density at radius 2 is 1.54 bits per heavy atom. The van der Waals surface area contributed by atoms with Crippen molar-refractivity contribution in [2.24, 2.45) is 22.5 Å². The molecule has 0 saturated carbocycles. The molecule has 0 atom stereocenters. The van der Waals surface area contributed by atoms with Gasteiger partial charge in [0.25, 0.3) is 0 Å². The monoisotopic (exact) mass is 342 g/mol. The molecule has 0 aliphatic carbocycles. The highest BCUT2D eigenvalue weighted by Crippen LogP contribution is 2.28. The fourth-order valence-electron chi connectivity index (χ4n) is 2.32. The van der Waals surface area contributed by atoms with E-state index in [4.69, 9.17) is 10.5 Å². The lowest BCUT2D eigenvalue weighted by Crippen LogP contribution is -2.55. The van der Waals surface area contributed by atoms with Crippen LogP contribution in [0.25, 0.3) is 0 Å². The van der Waals surface area contributed by atoms with E-state index in [1.165, 1.54) is 0 Å². The molecular formula is C19H38N2O3. The second kappa shape index (κ2) is 8.54. The van der Waals surface area contributed by atoms with Gasteiger partial charge in [-0.3, -0.25) is 14.5 Å². The van der Waals surface area contributed by atoms with Crippen LogP contribution in [0.15, 0.2) is 0 Å². The van der Waals surface area contributed by atoms with Crippen LogP contribution >= 0.6 is 0 Å². The summed E-state index contributed by atoms with van der Waals surface area (Å²) in [6, 6.07) is 0. The Kier molecular flexibility index (Phi) is 8.27. The molecule has 0 fully saturated rings. The number of ketones is 2. The van der Waals surface area contributed by atoms with Crippen LogP contribution in [-0.2, 0) is 14.3 Å². The van der Waals surface area contributed by atoms with Gasteiger partial charge < -0.3 is 10.5 Å². The number of hydrogen-bond acceptors (Lipinski definition) is 5. The molecule has 0 rings (SSSR count). The standard InChI is InChI=1S/C19H38N2O3/c1-14(2)15(22)10-21(9)19(7,8)16(23)18(5,6)13-24-12-17(3,4)11-20/h14H,10-13,20H2,1-9H3. The van der Waals surface area contributed by atoms with Gasteiger partial charge in [0.05, 0.1) is 25.3 Å². The van der Waals surface area contributed by atoms with Crippen molar-refractivity contribution in [3.05, 3.63) is 0 Å². The van der Waals surface area contributed by atoms with Gasteiger partial charge in [0, 0.05) is 16.7 Å². The first-order valence-electron chi connectivity index (χ1n) is 8.74. The molecule has 0 heterocycles. The molecule has 0 aliphatic heterocycles. The molecule has 2 N–H and O–H groups in total. The minimum atomic E-state index is -0.735. The summed E-state index contributed by atoms with van der Waals surface area (Å²) in [7, 11) is 1.83. The van der Waals surface area contributed by atoms with Gasteiger partial charge in [-0.25, -0.2) is 0 Å². The van der Waals surface area contributed by atoms with Crippen molar-refractivity contribution in [1.82, 2.24) is 4.90 Å². The minimum absolute atomic E-state index is 0.0341. The Labute approximate surface area is 148 Å². The lowest BCUT2D eigenvalue weighted by atomic mass is 9.78. The van der Waals surface area contributed by atoms with Gasteiger partial charge in [-0.1, -0.05) is 41.5 Å². The van der Waals surface area contributed by atoms with Gasteiger partial charge in [-0.2, -0.15) is 0 Å². The number of nitrogens with two attached hydrogens (primary N) is 1. The van der Waals surface area contributed by atoms with Crippen LogP contribution in [0.4, 0.5) is 0 Å². The maximum absolute atomic E-state index is 13.0. The second-order valence-electron chi connectivity index (χ2n) is 9.11. The molecule has 0 saturated heterocycles. The summed E-state index contributed by atoms with van der Waals surface area (Å²) in [5.74, 6) is 0.171. The maximum atomic E-state index is 13.0. The predicted octanol–water partition coefficient (Wildman–Crippen LogP) is 2.52. The van der Waals surface area contributed by atoms with Crippen molar-refractivity contribution in [3.8, 4) is 0 Å². The third-order valence-corrected chi connectivity index (χ3v) is 4.67. The van der Waals surface area contributed by atoms with Crippen LogP contribution in [0.5, 0.6) is 0 Å². The van der Waals surface area contributed by atoms with Gasteiger partial charge in [-0.15, -0.1) is 0 Å². The van der Waals surface area contributed by atoms with Crippen LogP contribution in [0.1, 0.15) is 55.4 Å². The molecule has 5 nitrogen and oxygen atoms in total. The molecule has 0 aromatic heterocycles. The average Bonchev–Trinajstić information content (AvgIpc) is 2.45. The lowest BCUT2D eigenvalue weighted by Gasteiger charge is -2.40. The van der Waals surface area contributed by atoms with E-state index in [0.29, 0.717) is 19.8 Å². The maximum Gasteiger partial charge on any atom is 0.160 e. The predicted molar refractivity (Wildman–Crippen MR) is 99.0 cm³/mol. The fraction of sp³-hybridized carbons (Fsp3) is 0.895. The van der Waals surface area contributed by atoms with E-state index >= 15 is 0 Å². The summed E-state index contributed by atoms with van der Waals surface area (Å²) in [5, 5.41) is 0. The Bertz CT molecular complexity index is 440. The molecule has 24 heavy (non-hydrogen) atoms. The SMILES string of the molecule is CC(C)C(=O)CN(C)C(C)(C)C(=O)C(C)(C)COCC(C)(C)CN. The van der Waals surface area contributed by atoms with E-state index in [2.05, 4.69) is 0 Å². The summed E-state index contributed by atoms with van der Waals surface area (Å²) in [4.78, 5) is 26.9. The molecule has 5 heteroatoms. The highest BCUT2D eigenvalue weighted by molar-refractivity contribution is 5.93. The summed E-state index contributed by atoms with van der Waals surface area (Å²) >= 11 is 0. The normalized spacial score (nSPS) is 13.7. The van der Waals surface area contributed by atoms with Gasteiger partial charge in [-0.05, 0) is 27.4 Å². The summed E-state index contributed by atoms with van der Waals surface area (Å²) < 4.78 is 5.78. The molecule has 0 aromatic rings. The number of likely N-dealkylation sites (N-methyl/N-ethyl adjacent to an activating group) is 1. The van der Waals surface area contributed by atoms with Gasteiger partial charge in [0.1, 0.15) is 5.78 Å². The zero-order chi connectivity index (χ0) is 19.3. The molecular weight excluding hydrogens is 304 g/mol. The fourth-order valence-corrected chi connectivity index (χ4v) is 2.32. The van der Waals surface area contributed by atoms with Crippen molar-refractivity contribution >= 4 is 11.6 Å². The number of carbonyl (C=O) groups excluding carboxylic acids is 2.